The molecule has 0 aliphatic carbocycles. The van der Waals surface area contributed by atoms with Gasteiger partial charge < -0.3 is 14.4 Å². The van der Waals surface area contributed by atoms with Crippen LogP contribution in [0, 0.1) is 0 Å². The Bertz CT molecular complexity index is 1140. The van der Waals surface area contributed by atoms with E-state index in [9.17, 15) is 13.2 Å². The number of amides is 1. The second-order valence-electron chi connectivity index (χ2n) is 7.42. The maximum atomic E-state index is 13.2. The number of fused-ring (bicyclic) bond motifs is 1. The summed E-state index contributed by atoms with van der Waals surface area (Å²) in [6, 6.07) is 11.5. The number of rotatable bonds is 10. The number of aromatic nitrogens is 1. The Balaban J connectivity index is 0.00000385. The lowest BCUT2D eigenvalue weighted by molar-refractivity contribution is -0.116. The lowest BCUT2D eigenvalue weighted by Crippen LogP contribution is -2.37. The van der Waals surface area contributed by atoms with Gasteiger partial charge in [0.2, 0.25) is 5.91 Å². The summed E-state index contributed by atoms with van der Waals surface area (Å²) in [5.41, 5.74) is 0.572. The first-order valence-corrected chi connectivity index (χ1v) is 12.5. The summed E-state index contributed by atoms with van der Waals surface area (Å²) in [4.78, 5) is 21.4. The van der Waals surface area contributed by atoms with Gasteiger partial charge >= 0.3 is 0 Å². The minimum Gasteiger partial charge on any atom is -0.495 e. The molecule has 3 aromatic rings. The van der Waals surface area contributed by atoms with Gasteiger partial charge in [-0.1, -0.05) is 29.5 Å². The number of hydrogen-bond acceptors (Lipinski definition) is 8. The monoisotopic (exact) mass is 513 g/mol. The Hall–Kier alpha value is -2.40. The van der Waals surface area contributed by atoms with Crippen LogP contribution in [0.2, 0.25) is 0 Å². The van der Waals surface area contributed by atoms with Gasteiger partial charge in [-0.05, 0) is 51.3 Å². The second kappa shape index (κ2) is 11.6. The van der Waals surface area contributed by atoms with Gasteiger partial charge in [0.15, 0.2) is 15.0 Å². The van der Waals surface area contributed by atoms with E-state index in [0.717, 1.165) is 11.2 Å². The molecule has 0 fully saturated rings. The molecule has 2 aromatic carbocycles. The fourth-order valence-electron chi connectivity index (χ4n) is 3.21. The van der Waals surface area contributed by atoms with Crippen LogP contribution in [0.4, 0.5) is 5.13 Å². The zero-order chi connectivity index (χ0) is 23.3. The summed E-state index contributed by atoms with van der Waals surface area (Å²) in [7, 11) is 3.21. The Labute approximate surface area is 204 Å². The zero-order valence-electron chi connectivity index (χ0n) is 19.0. The first kappa shape index (κ1) is 26.8. The highest BCUT2D eigenvalue weighted by Crippen LogP contribution is 2.40. The van der Waals surface area contributed by atoms with Gasteiger partial charge in [0.1, 0.15) is 27.5 Å². The van der Waals surface area contributed by atoms with Crippen molar-refractivity contribution in [3.8, 4) is 11.5 Å². The molecule has 0 saturated heterocycles. The molecular weight excluding hydrogens is 486 g/mol. The topological polar surface area (TPSA) is 89.0 Å². The Morgan fingerprint density at radius 3 is 2.24 bits per heavy atom. The average molecular weight is 514 g/mol. The predicted octanol–water partition coefficient (Wildman–Crippen LogP) is 3.49. The van der Waals surface area contributed by atoms with Crippen molar-refractivity contribution in [3.05, 3.63) is 42.5 Å². The molecule has 0 unspecified atom stereocenters. The molecule has 180 valence electrons. The Morgan fingerprint density at radius 2 is 1.64 bits per heavy atom. The number of halogens is 1. The highest BCUT2D eigenvalue weighted by molar-refractivity contribution is 7.92. The predicted molar refractivity (Wildman–Crippen MR) is 134 cm³/mol. The number of hydrogen-bond donors (Lipinski definition) is 0. The number of carbonyl (C=O) groups is 1. The highest BCUT2D eigenvalue weighted by Gasteiger charge is 2.27. The molecule has 1 aromatic heterocycles. The minimum absolute atomic E-state index is 0. The maximum Gasteiger partial charge on any atom is 0.244 e. The van der Waals surface area contributed by atoms with Gasteiger partial charge in [0.25, 0.3) is 0 Å². The van der Waals surface area contributed by atoms with Crippen molar-refractivity contribution in [1.82, 2.24) is 9.88 Å². The van der Waals surface area contributed by atoms with Crippen LogP contribution in [0.15, 0.2) is 47.4 Å². The van der Waals surface area contributed by atoms with Crippen LogP contribution >= 0.6 is 23.7 Å². The third-order valence-corrected chi connectivity index (χ3v) is 7.54. The fraction of sp³-hybridized carbons (Fsp3) is 0.364. The largest absolute Gasteiger partial charge is 0.495 e. The van der Waals surface area contributed by atoms with Gasteiger partial charge in [-0.3, -0.25) is 9.69 Å². The smallest absolute Gasteiger partial charge is 0.244 e. The van der Waals surface area contributed by atoms with Gasteiger partial charge in [0.05, 0.1) is 19.1 Å². The van der Waals surface area contributed by atoms with E-state index >= 15 is 0 Å². The van der Waals surface area contributed by atoms with Crippen molar-refractivity contribution in [2.75, 3.05) is 52.1 Å². The van der Waals surface area contributed by atoms with Crippen LogP contribution in [-0.2, 0) is 14.6 Å². The first-order chi connectivity index (χ1) is 15.3. The van der Waals surface area contributed by atoms with Crippen molar-refractivity contribution >= 4 is 54.8 Å². The normalized spacial score (nSPS) is 11.3. The van der Waals surface area contributed by atoms with E-state index < -0.39 is 21.5 Å². The molecule has 0 aliphatic heterocycles. The molecule has 0 aliphatic rings. The Kier molecular flexibility index (Phi) is 9.47. The van der Waals surface area contributed by atoms with Crippen LogP contribution < -0.4 is 14.4 Å². The molecule has 0 saturated carbocycles. The van der Waals surface area contributed by atoms with E-state index in [-0.39, 0.29) is 17.3 Å². The van der Waals surface area contributed by atoms with Crippen LogP contribution in [0.1, 0.15) is 6.42 Å². The molecule has 1 amide bonds. The van der Waals surface area contributed by atoms with E-state index in [1.807, 2.05) is 19.0 Å². The molecule has 33 heavy (non-hydrogen) atoms. The summed E-state index contributed by atoms with van der Waals surface area (Å²) in [5.74, 6) is 0.0102. The molecule has 3 rings (SSSR count). The van der Waals surface area contributed by atoms with Gasteiger partial charge in [-0.25, -0.2) is 13.4 Å². The molecule has 0 radical (unpaired) electrons. The number of methoxy groups -OCH3 is 2. The third kappa shape index (κ3) is 6.35. The number of benzene rings is 2. The summed E-state index contributed by atoms with van der Waals surface area (Å²) in [6.07, 6.45) is 0.661. The van der Waals surface area contributed by atoms with Crippen LogP contribution in [0.25, 0.3) is 10.2 Å². The van der Waals surface area contributed by atoms with Crippen molar-refractivity contribution in [2.24, 2.45) is 0 Å². The highest BCUT2D eigenvalue weighted by atomic mass is 35.5. The standard InChI is InChI=1S/C22H27N3O5S2.ClH/c1-24(2)13-8-14-25(19(26)15-32(27,28)16-9-6-5-7-10-16)22-23-20-17(29-3)11-12-18(30-4)21(20)31-22;/h5-7,9-12H,8,13-15H2,1-4H3;1H. The number of carbonyl (C=O) groups excluding carboxylic acids is 1. The maximum absolute atomic E-state index is 13.2. The average Bonchev–Trinajstić information content (AvgIpc) is 3.21. The van der Waals surface area contributed by atoms with Crippen LogP contribution in [0.3, 0.4) is 0 Å². The summed E-state index contributed by atoms with van der Waals surface area (Å²) < 4.78 is 37.2. The third-order valence-electron chi connectivity index (χ3n) is 4.83. The number of sulfone groups is 1. The second-order valence-corrected chi connectivity index (χ2v) is 10.4. The Morgan fingerprint density at radius 1 is 1.00 bits per heavy atom. The number of anilines is 1. The van der Waals surface area contributed by atoms with Gasteiger partial charge in [-0.2, -0.15) is 0 Å². The van der Waals surface area contributed by atoms with E-state index in [1.54, 1.807) is 44.6 Å². The van der Waals surface area contributed by atoms with Crippen LogP contribution in [-0.4, -0.2) is 71.4 Å². The summed E-state index contributed by atoms with van der Waals surface area (Å²) in [6.45, 7) is 1.08. The molecule has 11 heteroatoms. The SMILES string of the molecule is COc1ccc(OC)c2sc(N(CCCN(C)C)C(=O)CS(=O)(=O)c3ccccc3)nc12.Cl. The van der Waals surface area contributed by atoms with Gasteiger partial charge in [-0.15, -0.1) is 12.4 Å². The number of thiazole rings is 1. The summed E-state index contributed by atoms with van der Waals surface area (Å²) in [5, 5.41) is 0.412. The molecule has 0 bridgehead atoms. The van der Waals surface area contributed by atoms with E-state index in [0.29, 0.717) is 35.1 Å². The quantitative estimate of drug-likeness (QED) is 0.410. The fourth-order valence-corrected chi connectivity index (χ4v) is 5.55. The minimum atomic E-state index is -3.78. The van der Waals surface area contributed by atoms with E-state index in [1.165, 1.54) is 28.4 Å². The van der Waals surface area contributed by atoms with Gasteiger partial charge in [0, 0.05) is 6.54 Å². The zero-order valence-corrected chi connectivity index (χ0v) is 21.4. The lowest BCUT2D eigenvalue weighted by atomic mass is 10.3. The first-order valence-electron chi connectivity index (χ1n) is 10.0. The van der Waals surface area contributed by atoms with E-state index in [4.69, 9.17) is 9.47 Å². The number of ether oxygens (including phenoxy) is 2. The van der Waals surface area contributed by atoms with Crippen molar-refractivity contribution < 1.29 is 22.7 Å². The van der Waals surface area contributed by atoms with Crippen molar-refractivity contribution in [1.29, 1.82) is 0 Å². The molecule has 0 N–H and O–H groups in total. The van der Waals surface area contributed by atoms with Crippen molar-refractivity contribution in [3.63, 3.8) is 0 Å². The molecule has 0 spiro atoms. The van der Waals surface area contributed by atoms with Crippen molar-refractivity contribution in [2.45, 2.75) is 11.3 Å². The summed E-state index contributed by atoms with van der Waals surface area (Å²) >= 11 is 1.28. The lowest BCUT2D eigenvalue weighted by Gasteiger charge is -2.21. The molecular formula is C22H28ClN3O5S2. The number of nitrogens with zero attached hydrogens (tertiary/aromatic N) is 3. The molecule has 8 nitrogen and oxygen atoms in total. The molecule has 1 heterocycles. The molecule has 0 atom stereocenters. The van der Waals surface area contributed by atoms with Crippen LogP contribution in [0.5, 0.6) is 11.5 Å². The van der Waals surface area contributed by atoms with E-state index in [2.05, 4.69) is 4.98 Å².